The summed E-state index contributed by atoms with van der Waals surface area (Å²) in [6, 6.07) is 0. The van der Waals surface area contributed by atoms with Gasteiger partial charge in [-0.25, -0.2) is 0 Å². The van der Waals surface area contributed by atoms with Crippen molar-refractivity contribution in [3.05, 3.63) is 0 Å². The monoisotopic (exact) mass is 728 g/mol. The van der Waals surface area contributed by atoms with Crippen molar-refractivity contribution >= 4 is 23.9 Å². The molecular formula is C36H56N8O8. The Balaban J connectivity index is 1.06. The fraction of sp³-hybridized carbons (Fsp3) is 0.889. The lowest BCUT2D eigenvalue weighted by molar-refractivity contribution is -0.145. The van der Waals surface area contributed by atoms with E-state index in [0.29, 0.717) is 51.4 Å². The third kappa shape index (κ3) is 6.14. The van der Waals surface area contributed by atoms with E-state index in [2.05, 4.69) is 42.5 Å². The van der Waals surface area contributed by atoms with Gasteiger partial charge in [-0.15, -0.1) is 0 Å². The lowest BCUT2D eigenvalue weighted by atomic mass is 9.71. The number of fused-ring (bicyclic) bond motifs is 20. The summed E-state index contributed by atoms with van der Waals surface area (Å²) in [5.41, 5.74) is 0. The van der Waals surface area contributed by atoms with Gasteiger partial charge < -0.3 is 20.4 Å². The molecule has 20 atom stereocenters. The number of hydrogen-bond acceptors (Lipinski definition) is 12. The van der Waals surface area contributed by atoms with E-state index in [1.54, 1.807) is 0 Å². The van der Waals surface area contributed by atoms with Crippen LogP contribution in [0, 0.1) is 71.0 Å². The number of carbonyl (C=O) groups is 4. The molecule has 0 aromatic carbocycles. The molecule has 0 aromatic heterocycles. The molecule has 288 valence electrons. The van der Waals surface area contributed by atoms with Crippen LogP contribution in [0.5, 0.6) is 0 Å². The summed E-state index contributed by atoms with van der Waals surface area (Å²) in [5, 5.41) is 71.4. The normalized spacial score (nSPS) is 52.5. The maximum Gasteiger partial charge on any atom is 0.306 e. The van der Waals surface area contributed by atoms with E-state index in [0.717, 1.165) is 25.7 Å². The molecule has 20 unspecified atom stereocenters. The van der Waals surface area contributed by atoms with Gasteiger partial charge in [0.1, 0.15) is 0 Å². The fourth-order valence-corrected chi connectivity index (χ4v) is 12.9. The van der Waals surface area contributed by atoms with Crippen molar-refractivity contribution in [1.82, 2.24) is 42.5 Å². The predicted octanol–water partition coefficient (Wildman–Crippen LogP) is -0.152. The second-order valence-corrected chi connectivity index (χ2v) is 17.9. The quantitative estimate of drug-likeness (QED) is 0.180. The maximum absolute atomic E-state index is 12.3. The Kier molecular flexibility index (Phi) is 9.29. The average Bonchev–Trinajstić information content (AvgIpc) is 3.85. The standard InChI is InChI=1S/C36H56N8O8/c45-33(46)13-1-5-17-21(9-13)29-38-25(17)37-26-18-6-2-15(35(49)50)11-23(18)31(39-26)44-32-24-12-16(36(51)52)4-8-20(24)28(43-32)42-30-22-10-14(34(47)48)3-7-19(22)27(40-29)41-30/h13-32,37-44H,1-12H2,(H,45,46)(H,47,48)(H,49,50)(H,51,52). The largest absolute Gasteiger partial charge is 0.481 e. The van der Waals surface area contributed by atoms with Gasteiger partial charge in [-0.3, -0.25) is 61.7 Å². The minimum absolute atomic E-state index is 0.0428. The number of rotatable bonds is 4. The number of hydrogen-bond donors (Lipinski definition) is 12. The SMILES string of the molecule is O=C(O)C1CCC2C3NC4NC(NC5NC(NC6NC(NC(N3)C2C1)C1CCC(C(=O)O)CC61)C1CCC(C(=O)O)CC51)C1CC(C(=O)O)CCC41. The van der Waals surface area contributed by atoms with Crippen LogP contribution in [0.15, 0.2) is 0 Å². The van der Waals surface area contributed by atoms with Crippen molar-refractivity contribution in [1.29, 1.82) is 0 Å². The highest BCUT2D eigenvalue weighted by Gasteiger charge is 2.57. The minimum Gasteiger partial charge on any atom is -0.481 e. The summed E-state index contributed by atoms with van der Waals surface area (Å²) in [4.78, 5) is 49.0. The van der Waals surface area contributed by atoms with Crippen LogP contribution >= 0.6 is 0 Å². The Morgan fingerprint density at radius 3 is 0.635 bits per heavy atom. The molecule has 4 saturated carbocycles. The molecule has 0 amide bonds. The Labute approximate surface area is 303 Å². The van der Waals surface area contributed by atoms with Crippen molar-refractivity contribution < 1.29 is 39.6 Å². The van der Waals surface area contributed by atoms with E-state index < -0.39 is 47.5 Å². The summed E-state index contributed by atoms with van der Waals surface area (Å²) in [7, 11) is 0. The first-order valence-electron chi connectivity index (χ1n) is 20.0. The lowest BCUT2D eigenvalue weighted by Gasteiger charge is -2.38. The van der Waals surface area contributed by atoms with Crippen LogP contribution in [0.1, 0.15) is 77.0 Å². The summed E-state index contributed by atoms with van der Waals surface area (Å²) < 4.78 is 0. The molecule has 5 aliphatic heterocycles. The molecule has 0 spiro atoms. The smallest absolute Gasteiger partial charge is 0.306 e. The van der Waals surface area contributed by atoms with Crippen molar-refractivity contribution in [3.8, 4) is 0 Å². The van der Waals surface area contributed by atoms with Gasteiger partial charge in [-0.05, 0) is 124 Å². The third-order valence-corrected chi connectivity index (χ3v) is 15.5. The predicted molar refractivity (Wildman–Crippen MR) is 183 cm³/mol. The van der Waals surface area contributed by atoms with E-state index in [4.69, 9.17) is 0 Å². The number of carboxylic acid groups (broad SMARTS) is 4. The summed E-state index contributed by atoms with van der Waals surface area (Å²) in [5.74, 6) is -3.70. The first kappa shape index (κ1) is 35.3. The average molecular weight is 729 g/mol. The number of nitrogens with one attached hydrogen (secondary N) is 8. The van der Waals surface area contributed by atoms with Gasteiger partial charge in [0.15, 0.2) is 0 Å². The van der Waals surface area contributed by atoms with Crippen LogP contribution in [-0.4, -0.2) is 93.6 Å². The first-order valence-corrected chi connectivity index (χ1v) is 20.0. The van der Waals surface area contributed by atoms with E-state index in [1.807, 2.05) is 0 Å². The second-order valence-electron chi connectivity index (χ2n) is 17.9. The lowest BCUT2D eigenvalue weighted by Crippen LogP contribution is -2.61. The van der Waals surface area contributed by atoms with Crippen LogP contribution in [0.3, 0.4) is 0 Å². The van der Waals surface area contributed by atoms with E-state index >= 15 is 0 Å². The Morgan fingerprint density at radius 1 is 0.288 bits per heavy atom. The van der Waals surface area contributed by atoms with Crippen LogP contribution in [0.4, 0.5) is 0 Å². The topological polar surface area (TPSA) is 245 Å². The van der Waals surface area contributed by atoms with Gasteiger partial charge in [0.05, 0.1) is 73.0 Å². The van der Waals surface area contributed by atoms with Gasteiger partial charge in [0.2, 0.25) is 0 Å². The third-order valence-electron chi connectivity index (χ3n) is 15.5. The molecule has 12 N–H and O–H groups in total. The zero-order chi connectivity index (χ0) is 36.0. The highest BCUT2D eigenvalue weighted by atomic mass is 16.4. The molecule has 52 heavy (non-hydrogen) atoms. The molecule has 9 rings (SSSR count). The molecule has 0 radical (unpaired) electrons. The zero-order valence-electron chi connectivity index (χ0n) is 29.5. The number of aliphatic carboxylic acids is 4. The Bertz CT molecular complexity index is 1440. The molecule has 5 heterocycles. The van der Waals surface area contributed by atoms with Crippen LogP contribution in [0.2, 0.25) is 0 Å². The van der Waals surface area contributed by atoms with Gasteiger partial charge in [-0.2, -0.15) is 0 Å². The summed E-state index contributed by atoms with van der Waals surface area (Å²) >= 11 is 0. The van der Waals surface area contributed by atoms with Crippen molar-refractivity contribution in [2.24, 2.45) is 71.0 Å². The molecule has 0 aromatic rings. The van der Waals surface area contributed by atoms with E-state index in [-0.39, 0.29) is 96.7 Å². The molecule has 5 saturated heterocycles. The van der Waals surface area contributed by atoms with Crippen LogP contribution in [-0.2, 0) is 19.2 Å². The Hall–Kier alpha value is -2.44. The molecule has 16 heteroatoms. The molecule has 4 aliphatic carbocycles. The zero-order valence-corrected chi connectivity index (χ0v) is 29.5. The highest BCUT2D eigenvalue weighted by molar-refractivity contribution is 5.71. The van der Waals surface area contributed by atoms with Gasteiger partial charge in [0.25, 0.3) is 0 Å². The van der Waals surface area contributed by atoms with E-state index in [9.17, 15) is 39.6 Å². The molecule has 8 bridgehead atoms. The van der Waals surface area contributed by atoms with Crippen molar-refractivity contribution in [3.63, 3.8) is 0 Å². The van der Waals surface area contributed by atoms with Gasteiger partial charge in [-0.1, -0.05) is 0 Å². The second kappa shape index (κ2) is 13.7. The summed E-state index contributed by atoms with van der Waals surface area (Å²) in [6.07, 6.45) is 6.66. The molecule has 16 nitrogen and oxygen atoms in total. The van der Waals surface area contributed by atoms with Crippen LogP contribution in [0.25, 0.3) is 0 Å². The maximum atomic E-state index is 12.3. The van der Waals surface area contributed by atoms with Crippen molar-refractivity contribution in [2.45, 2.75) is 126 Å². The molecular weight excluding hydrogens is 672 g/mol. The first-order chi connectivity index (χ1) is 25.0. The number of carboxylic acids is 4. The minimum atomic E-state index is -0.763. The molecule has 9 fully saturated rings. The fourth-order valence-electron chi connectivity index (χ4n) is 12.9. The van der Waals surface area contributed by atoms with Crippen molar-refractivity contribution in [2.75, 3.05) is 0 Å². The Morgan fingerprint density at radius 2 is 0.462 bits per heavy atom. The highest BCUT2D eigenvalue weighted by Crippen LogP contribution is 2.48. The van der Waals surface area contributed by atoms with Gasteiger partial charge >= 0.3 is 23.9 Å². The molecule has 9 aliphatic rings. The van der Waals surface area contributed by atoms with Crippen LogP contribution < -0.4 is 42.5 Å². The van der Waals surface area contributed by atoms with Gasteiger partial charge in [0, 0.05) is 0 Å². The van der Waals surface area contributed by atoms with E-state index in [1.165, 1.54) is 0 Å². The summed E-state index contributed by atoms with van der Waals surface area (Å²) in [6.45, 7) is 0.